The van der Waals surface area contributed by atoms with E-state index in [1.54, 1.807) is 7.11 Å². The van der Waals surface area contributed by atoms with Crippen LogP contribution in [0.2, 0.25) is 0 Å². The zero-order valence-electron chi connectivity index (χ0n) is 14.1. The molecule has 0 amide bonds. The van der Waals surface area contributed by atoms with Crippen molar-refractivity contribution in [3.8, 4) is 5.75 Å². The van der Waals surface area contributed by atoms with Gasteiger partial charge in [0.15, 0.2) is 0 Å². The molecule has 0 saturated heterocycles. The quantitative estimate of drug-likeness (QED) is 0.833. The van der Waals surface area contributed by atoms with Crippen LogP contribution < -0.4 is 10.1 Å². The maximum atomic E-state index is 5.36. The third kappa shape index (κ3) is 3.98. The van der Waals surface area contributed by atoms with Crippen molar-refractivity contribution in [1.29, 1.82) is 0 Å². The highest BCUT2D eigenvalue weighted by atomic mass is 16.5. The molecule has 0 aliphatic heterocycles. The van der Waals surface area contributed by atoms with Gasteiger partial charge in [0.05, 0.1) is 7.11 Å². The van der Waals surface area contributed by atoms with Gasteiger partial charge in [0, 0.05) is 31.2 Å². The van der Waals surface area contributed by atoms with Gasteiger partial charge in [0.2, 0.25) is 0 Å². The third-order valence-electron chi connectivity index (χ3n) is 4.52. The smallest absolute Gasteiger partial charge is 0.119 e. The van der Waals surface area contributed by atoms with Crippen molar-refractivity contribution in [2.24, 2.45) is 0 Å². The summed E-state index contributed by atoms with van der Waals surface area (Å²) in [5, 5.41) is 3.73. The first-order valence-corrected chi connectivity index (χ1v) is 8.19. The Morgan fingerprint density at radius 2 is 1.95 bits per heavy atom. The number of benzene rings is 1. The lowest BCUT2D eigenvalue weighted by molar-refractivity contribution is 0.174. The first kappa shape index (κ1) is 16.3. The van der Waals surface area contributed by atoms with Gasteiger partial charge < -0.3 is 10.1 Å². The Bertz CT molecular complexity index is 449. The average molecular weight is 290 g/mol. The summed E-state index contributed by atoms with van der Waals surface area (Å²) >= 11 is 0. The molecule has 1 aromatic rings. The van der Waals surface area contributed by atoms with Gasteiger partial charge in [0.1, 0.15) is 5.75 Å². The molecule has 0 radical (unpaired) electrons. The van der Waals surface area contributed by atoms with E-state index in [9.17, 15) is 0 Å². The number of hydrogen-bond acceptors (Lipinski definition) is 3. The van der Waals surface area contributed by atoms with E-state index in [0.29, 0.717) is 18.1 Å². The molecular weight excluding hydrogens is 260 g/mol. The van der Waals surface area contributed by atoms with Crippen molar-refractivity contribution < 1.29 is 4.74 Å². The Hall–Kier alpha value is -1.06. The van der Waals surface area contributed by atoms with Gasteiger partial charge >= 0.3 is 0 Å². The van der Waals surface area contributed by atoms with E-state index in [-0.39, 0.29) is 0 Å². The second-order valence-corrected chi connectivity index (χ2v) is 6.54. The van der Waals surface area contributed by atoms with Crippen LogP contribution in [0.5, 0.6) is 5.75 Å². The zero-order chi connectivity index (χ0) is 15.4. The lowest BCUT2D eigenvalue weighted by atomic mass is 10.1. The predicted molar refractivity (Wildman–Crippen MR) is 89.0 cm³/mol. The van der Waals surface area contributed by atoms with E-state index < -0.39 is 0 Å². The maximum absolute atomic E-state index is 5.36. The lowest BCUT2D eigenvalue weighted by Gasteiger charge is -2.31. The molecule has 1 aliphatic rings. The molecule has 0 heterocycles. The SMILES string of the molecule is COc1ccc2c(c1)C(NCCN(C(C)C)C(C)C)CC2. The van der Waals surface area contributed by atoms with Crippen LogP contribution in [0.25, 0.3) is 0 Å². The van der Waals surface area contributed by atoms with Crippen molar-refractivity contribution in [3.63, 3.8) is 0 Å². The van der Waals surface area contributed by atoms with Gasteiger partial charge in [-0.3, -0.25) is 4.90 Å². The molecule has 1 unspecified atom stereocenters. The number of rotatable bonds is 7. The first-order chi connectivity index (χ1) is 10.0. The molecule has 0 bridgehead atoms. The van der Waals surface area contributed by atoms with Crippen LogP contribution in [0, 0.1) is 0 Å². The molecule has 3 heteroatoms. The molecule has 0 aromatic heterocycles. The van der Waals surface area contributed by atoms with Gasteiger partial charge in [0.25, 0.3) is 0 Å². The maximum Gasteiger partial charge on any atom is 0.119 e. The topological polar surface area (TPSA) is 24.5 Å². The number of methoxy groups -OCH3 is 1. The van der Waals surface area contributed by atoms with Gasteiger partial charge in [-0.15, -0.1) is 0 Å². The molecular formula is C18H30N2O. The fourth-order valence-electron chi connectivity index (χ4n) is 3.40. The van der Waals surface area contributed by atoms with Gasteiger partial charge in [-0.1, -0.05) is 6.07 Å². The molecule has 2 rings (SSSR count). The fourth-order valence-corrected chi connectivity index (χ4v) is 3.40. The molecule has 21 heavy (non-hydrogen) atoms. The van der Waals surface area contributed by atoms with Crippen molar-refractivity contribution in [1.82, 2.24) is 10.2 Å². The molecule has 0 saturated carbocycles. The summed E-state index contributed by atoms with van der Waals surface area (Å²) in [6.45, 7) is 11.2. The summed E-state index contributed by atoms with van der Waals surface area (Å²) < 4.78 is 5.36. The summed E-state index contributed by atoms with van der Waals surface area (Å²) in [5.41, 5.74) is 2.90. The van der Waals surface area contributed by atoms with Crippen LogP contribution in [0.4, 0.5) is 0 Å². The highest BCUT2D eigenvalue weighted by Gasteiger charge is 2.23. The fraction of sp³-hybridized carbons (Fsp3) is 0.667. The second kappa shape index (κ2) is 7.28. The number of fused-ring (bicyclic) bond motifs is 1. The zero-order valence-corrected chi connectivity index (χ0v) is 14.1. The number of hydrogen-bond donors (Lipinski definition) is 1. The predicted octanol–water partition coefficient (Wildman–Crippen LogP) is 3.39. The standard InChI is InChI=1S/C18H30N2O/c1-13(2)20(14(3)4)11-10-19-18-9-7-15-6-8-16(21-5)12-17(15)18/h6,8,12-14,18-19H,7,9-11H2,1-5H3. The molecule has 1 atom stereocenters. The molecule has 1 N–H and O–H groups in total. The summed E-state index contributed by atoms with van der Waals surface area (Å²) in [5.74, 6) is 0.966. The lowest BCUT2D eigenvalue weighted by Crippen LogP contribution is -2.41. The van der Waals surface area contributed by atoms with E-state index in [2.05, 4.69) is 56.1 Å². The van der Waals surface area contributed by atoms with E-state index >= 15 is 0 Å². The van der Waals surface area contributed by atoms with Crippen molar-refractivity contribution >= 4 is 0 Å². The van der Waals surface area contributed by atoms with E-state index in [1.165, 1.54) is 24.0 Å². The van der Waals surface area contributed by atoms with Gasteiger partial charge in [-0.2, -0.15) is 0 Å². The number of nitrogens with one attached hydrogen (secondary N) is 1. The molecule has 0 fully saturated rings. The minimum Gasteiger partial charge on any atom is -0.497 e. The Morgan fingerprint density at radius 3 is 2.57 bits per heavy atom. The van der Waals surface area contributed by atoms with E-state index in [1.807, 2.05) is 0 Å². The van der Waals surface area contributed by atoms with Crippen molar-refractivity contribution in [3.05, 3.63) is 29.3 Å². The Morgan fingerprint density at radius 1 is 1.24 bits per heavy atom. The Labute approximate surface area is 129 Å². The molecule has 0 spiro atoms. The van der Waals surface area contributed by atoms with E-state index in [0.717, 1.165) is 18.8 Å². The van der Waals surface area contributed by atoms with Gasteiger partial charge in [-0.05, 0) is 63.8 Å². The molecule has 118 valence electrons. The normalized spacial score (nSPS) is 17.8. The summed E-state index contributed by atoms with van der Waals surface area (Å²) in [6.07, 6.45) is 2.38. The number of aryl methyl sites for hydroxylation is 1. The first-order valence-electron chi connectivity index (χ1n) is 8.19. The molecule has 3 nitrogen and oxygen atoms in total. The minimum atomic E-state index is 0.483. The molecule has 1 aromatic carbocycles. The minimum absolute atomic E-state index is 0.483. The summed E-state index contributed by atoms with van der Waals surface area (Å²) in [6, 6.07) is 8.16. The Balaban J connectivity index is 1.91. The van der Waals surface area contributed by atoms with Gasteiger partial charge in [-0.25, -0.2) is 0 Å². The van der Waals surface area contributed by atoms with Crippen LogP contribution in [0.15, 0.2) is 18.2 Å². The average Bonchev–Trinajstić information content (AvgIpc) is 2.84. The third-order valence-corrected chi connectivity index (χ3v) is 4.52. The summed E-state index contributed by atoms with van der Waals surface area (Å²) in [7, 11) is 1.74. The largest absolute Gasteiger partial charge is 0.497 e. The van der Waals surface area contributed by atoms with Crippen molar-refractivity contribution in [2.45, 2.75) is 58.7 Å². The molecule has 1 aliphatic carbocycles. The monoisotopic (exact) mass is 290 g/mol. The van der Waals surface area contributed by atoms with Crippen molar-refractivity contribution in [2.75, 3.05) is 20.2 Å². The number of ether oxygens (including phenoxy) is 1. The van der Waals surface area contributed by atoms with E-state index in [4.69, 9.17) is 4.74 Å². The van der Waals surface area contributed by atoms with Crippen LogP contribution in [0.3, 0.4) is 0 Å². The van der Waals surface area contributed by atoms with Crippen LogP contribution >= 0.6 is 0 Å². The van der Waals surface area contributed by atoms with Crippen LogP contribution in [-0.4, -0.2) is 37.2 Å². The Kier molecular flexibility index (Phi) is 5.65. The number of nitrogens with zero attached hydrogens (tertiary/aromatic N) is 1. The highest BCUT2D eigenvalue weighted by Crippen LogP contribution is 2.33. The second-order valence-electron chi connectivity index (χ2n) is 6.54. The summed E-state index contributed by atoms with van der Waals surface area (Å²) in [4.78, 5) is 2.54. The highest BCUT2D eigenvalue weighted by molar-refractivity contribution is 5.40. The van der Waals surface area contributed by atoms with Crippen LogP contribution in [0.1, 0.15) is 51.3 Å². The van der Waals surface area contributed by atoms with Crippen LogP contribution in [-0.2, 0) is 6.42 Å².